The lowest BCUT2D eigenvalue weighted by Gasteiger charge is -2.33. The van der Waals surface area contributed by atoms with Crippen LogP contribution in [0, 0.1) is 13.8 Å². The molecule has 2 N–H and O–H groups in total. The van der Waals surface area contributed by atoms with Gasteiger partial charge in [-0.05, 0) is 69.8 Å². The second-order valence-electron chi connectivity index (χ2n) is 5.59. The zero-order valence-electron chi connectivity index (χ0n) is 11.8. The number of benzene rings is 1. The maximum absolute atomic E-state index is 12.4. The molecule has 1 aromatic carbocycles. The first kappa shape index (κ1) is 14.5. The minimum atomic E-state index is -0.437. The Labute approximate surface area is 123 Å². The highest BCUT2D eigenvalue weighted by Gasteiger charge is 2.34. The van der Waals surface area contributed by atoms with Gasteiger partial charge in [-0.3, -0.25) is 4.79 Å². The number of aryl methyl sites for hydroxylation is 2. The summed E-state index contributed by atoms with van der Waals surface area (Å²) < 4.78 is 1.10. The molecule has 1 aromatic rings. The van der Waals surface area contributed by atoms with Crippen molar-refractivity contribution < 1.29 is 4.79 Å². The molecule has 1 fully saturated rings. The van der Waals surface area contributed by atoms with Crippen molar-refractivity contribution in [3.63, 3.8) is 0 Å². The summed E-state index contributed by atoms with van der Waals surface area (Å²) in [6, 6.07) is 4.00. The largest absolute Gasteiger partial charge is 0.324 e. The molecule has 1 saturated heterocycles. The standard InChI is InChI=1S/C15H21BrN2O/c1-10-8-12(9-11(2)13(10)16)18-14(19)15(3)6-4-5-7-17-15/h8-9,17H,4-7H2,1-3H3,(H,18,19). The van der Waals surface area contributed by atoms with Crippen LogP contribution in [0.1, 0.15) is 37.3 Å². The Kier molecular flexibility index (Phi) is 4.31. The van der Waals surface area contributed by atoms with Gasteiger partial charge < -0.3 is 10.6 Å². The van der Waals surface area contributed by atoms with Crippen LogP contribution in [0.15, 0.2) is 16.6 Å². The predicted octanol–water partition coefficient (Wildman–Crippen LogP) is 3.54. The van der Waals surface area contributed by atoms with Gasteiger partial charge >= 0.3 is 0 Å². The fourth-order valence-electron chi connectivity index (χ4n) is 2.54. The summed E-state index contributed by atoms with van der Waals surface area (Å²) in [5.74, 6) is 0.0633. The molecule has 0 bridgehead atoms. The Hall–Kier alpha value is -0.870. The van der Waals surface area contributed by atoms with Crippen molar-refractivity contribution in [1.82, 2.24) is 5.32 Å². The monoisotopic (exact) mass is 324 g/mol. The Morgan fingerprint density at radius 3 is 2.47 bits per heavy atom. The van der Waals surface area contributed by atoms with Crippen molar-refractivity contribution in [3.8, 4) is 0 Å². The molecule has 1 heterocycles. The van der Waals surface area contributed by atoms with Gasteiger partial charge in [0.05, 0.1) is 5.54 Å². The van der Waals surface area contributed by atoms with Crippen molar-refractivity contribution in [3.05, 3.63) is 27.7 Å². The minimum absolute atomic E-state index is 0.0633. The van der Waals surface area contributed by atoms with E-state index in [1.165, 1.54) is 0 Å². The first-order valence-corrected chi connectivity index (χ1v) is 7.55. The summed E-state index contributed by atoms with van der Waals surface area (Å²) in [4.78, 5) is 12.4. The third-order valence-electron chi connectivity index (χ3n) is 3.81. The molecule has 0 saturated carbocycles. The topological polar surface area (TPSA) is 41.1 Å². The van der Waals surface area contributed by atoms with E-state index in [4.69, 9.17) is 0 Å². The molecule has 1 amide bonds. The number of amides is 1. The highest BCUT2D eigenvalue weighted by Crippen LogP contribution is 2.26. The minimum Gasteiger partial charge on any atom is -0.324 e. The number of piperidine rings is 1. The fourth-order valence-corrected chi connectivity index (χ4v) is 2.77. The summed E-state index contributed by atoms with van der Waals surface area (Å²) >= 11 is 3.54. The van der Waals surface area contributed by atoms with Gasteiger partial charge in [0.15, 0.2) is 0 Å². The average molecular weight is 325 g/mol. The number of carbonyl (C=O) groups is 1. The molecule has 0 aliphatic carbocycles. The quantitative estimate of drug-likeness (QED) is 0.873. The Morgan fingerprint density at radius 1 is 1.32 bits per heavy atom. The van der Waals surface area contributed by atoms with E-state index >= 15 is 0 Å². The lowest BCUT2D eigenvalue weighted by molar-refractivity contribution is -0.122. The van der Waals surface area contributed by atoms with Crippen molar-refractivity contribution >= 4 is 27.5 Å². The number of carbonyl (C=O) groups excluding carboxylic acids is 1. The highest BCUT2D eigenvalue weighted by molar-refractivity contribution is 9.10. The van der Waals surface area contributed by atoms with Gasteiger partial charge in [-0.25, -0.2) is 0 Å². The van der Waals surface area contributed by atoms with E-state index in [1.54, 1.807) is 0 Å². The normalized spacial score (nSPS) is 23.2. The lowest BCUT2D eigenvalue weighted by atomic mass is 9.90. The van der Waals surface area contributed by atoms with Crippen molar-refractivity contribution in [1.29, 1.82) is 0 Å². The van der Waals surface area contributed by atoms with Gasteiger partial charge in [0.1, 0.15) is 0 Å². The molecule has 0 spiro atoms. The van der Waals surface area contributed by atoms with Gasteiger partial charge in [-0.1, -0.05) is 15.9 Å². The van der Waals surface area contributed by atoms with Crippen LogP contribution in [0.5, 0.6) is 0 Å². The number of rotatable bonds is 2. The summed E-state index contributed by atoms with van der Waals surface area (Å²) in [5, 5.41) is 6.37. The van der Waals surface area contributed by atoms with Crippen molar-refractivity contribution in [2.75, 3.05) is 11.9 Å². The SMILES string of the molecule is Cc1cc(NC(=O)C2(C)CCCCN2)cc(C)c1Br. The predicted molar refractivity (Wildman–Crippen MR) is 82.5 cm³/mol. The maximum atomic E-state index is 12.4. The van der Waals surface area contributed by atoms with Gasteiger partial charge in [-0.2, -0.15) is 0 Å². The summed E-state index contributed by atoms with van der Waals surface area (Å²) in [5.41, 5.74) is 2.71. The molecule has 1 aliphatic rings. The molecule has 1 unspecified atom stereocenters. The van der Waals surface area contributed by atoms with E-state index in [2.05, 4.69) is 26.6 Å². The van der Waals surface area contributed by atoms with Gasteiger partial charge in [-0.15, -0.1) is 0 Å². The van der Waals surface area contributed by atoms with E-state index in [1.807, 2.05) is 32.9 Å². The van der Waals surface area contributed by atoms with Gasteiger partial charge in [0.25, 0.3) is 0 Å². The average Bonchev–Trinajstić information content (AvgIpc) is 2.36. The summed E-state index contributed by atoms with van der Waals surface area (Å²) in [6.45, 7) is 6.98. The first-order chi connectivity index (χ1) is 8.92. The molecule has 0 radical (unpaired) electrons. The Bertz CT molecular complexity index is 470. The Morgan fingerprint density at radius 2 is 1.95 bits per heavy atom. The number of nitrogens with one attached hydrogen (secondary N) is 2. The molecule has 19 heavy (non-hydrogen) atoms. The van der Waals surface area contributed by atoms with E-state index in [9.17, 15) is 4.79 Å². The maximum Gasteiger partial charge on any atom is 0.244 e. The van der Waals surface area contributed by atoms with Gasteiger partial charge in [0, 0.05) is 10.2 Å². The van der Waals surface area contributed by atoms with Crippen LogP contribution in [-0.2, 0) is 4.79 Å². The van der Waals surface area contributed by atoms with Crippen LogP contribution in [0.2, 0.25) is 0 Å². The van der Waals surface area contributed by atoms with Crippen molar-refractivity contribution in [2.24, 2.45) is 0 Å². The number of halogens is 1. The Balaban J connectivity index is 2.14. The van der Waals surface area contributed by atoms with Crippen LogP contribution in [-0.4, -0.2) is 18.0 Å². The third kappa shape index (κ3) is 3.18. The molecular formula is C15H21BrN2O. The van der Waals surface area contributed by atoms with E-state index < -0.39 is 5.54 Å². The molecule has 0 aromatic heterocycles. The molecule has 1 atom stereocenters. The van der Waals surface area contributed by atoms with Crippen LogP contribution >= 0.6 is 15.9 Å². The third-order valence-corrected chi connectivity index (χ3v) is 5.07. The van der Waals surface area contributed by atoms with Crippen LogP contribution < -0.4 is 10.6 Å². The van der Waals surface area contributed by atoms with E-state index in [0.29, 0.717) is 0 Å². The number of hydrogen-bond acceptors (Lipinski definition) is 2. The summed E-state index contributed by atoms with van der Waals surface area (Å²) in [6.07, 6.45) is 3.15. The van der Waals surface area contributed by atoms with Crippen LogP contribution in [0.25, 0.3) is 0 Å². The van der Waals surface area contributed by atoms with E-state index in [0.717, 1.165) is 47.1 Å². The molecular weight excluding hydrogens is 304 g/mol. The lowest BCUT2D eigenvalue weighted by Crippen LogP contribution is -2.54. The van der Waals surface area contributed by atoms with Gasteiger partial charge in [0.2, 0.25) is 5.91 Å². The molecule has 2 rings (SSSR count). The molecule has 1 aliphatic heterocycles. The van der Waals surface area contributed by atoms with E-state index in [-0.39, 0.29) is 5.91 Å². The number of hydrogen-bond donors (Lipinski definition) is 2. The fraction of sp³-hybridized carbons (Fsp3) is 0.533. The van der Waals surface area contributed by atoms with Crippen molar-refractivity contribution in [2.45, 2.75) is 45.6 Å². The molecule has 3 nitrogen and oxygen atoms in total. The molecule has 104 valence electrons. The number of anilines is 1. The second kappa shape index (κ2) is 5.63. The summed E-state index contributed by atoms with van der Waals surface area (Å²) in [7, 11) is 0. The van der Waals surface area contributed by atoms with Crippen LogP contribution in [0.4, 0.5) is 5.69 Å². The zero-order valence-corrected chi connectivity index (χ0v) is 13.4. The second-order valence-corrected chi connectivity index (χ2v) is 6.39. The highest BCUT2D eigenvalue weighted by atomic mass is 79.9. The smallest absolute Gasteiger partial charge is 0.244 e. The molecule has 4 heteroatoms. The first-order valence-electron chi connectivity index (χ1n) is 6.75. The zero-order chi connectivity index (χ0) is 14.0. The van der Waals surface area contributed by atoms with Crippen LogP contribution in [0.3, 0.4) is 0 Å².